The lowest BCUT2D eigenvalue weighted by Crippen LogP contribution is -2.14. The second-order valence-electron chi connectivity index (χ2n) is 7.35. The predicted octanol–water partition coefficient (Wildman–Crippen LogP) is 5.47. The van der Waals surface area contributed by atoms with Crippen molar-refractivity contribution in [3.05, 3.63) is 88.5 Å². The zero-order valence-corrected chi connectivity index (χ0v) is 16.7. The van der Waals surface area contributed by atoms with E-state index in [1.165, 1.54) is 0 Å². The van der Waals surface area contributed by atoms with E-state index in [9.17, 15) is 14.7 Å². The number of aromatic hydroxyl groups is 1. The van der Waals surface area contributed by atoms with Crippen LogP contribution in [0.5, 0.6) is 5.75 Å². The fraction of sp³-hybridized carbons (Fsp3) is 0.200. The zero-order valence-electron chi connectivity index (χ0n) is 16.7. The molecule has 1 N–H and O–H groups in total. The first-order valence-corrected chi connectivity index (χ1v) is 9.88. The highest BCUT2D eigenvalue weighted by Gasteiger charge is 2.27. The van der Waals surface area contributed by atoms with E-state index >= 15 is 0 Å². The second kappa shape index (κ2) is 8.03. The zero-order chi connectivity index (χ0) is 21.3. The second-order valence-corrected chi connectivity index (χ2v) is 7.35. The fourth-order valence-corrected chi connectivity index (χ4v) is 3.93. The quantitative estimate of drug-likeness (QED) is 0.327. The molecular weight excluding hydrogens is 380 g/mol. The van der Waals surface area contributed by atoms with E-state index in [1.807, 2.05) is 31.2 Å². The van der Waals surface area contributed by atoms with Crippen LogP contribution in [0.25, 0.3) is 21.9 Å². The summed E-state index contributed by atoms with van der Waals surface area (Å²) >= 11 is 0. The summed E-state index contributed by atoms with van der Waals surface area (Å²) in [6, 6.07) is 14.3. The Morgan fingerprint density at radius 1 is 1.03 bits per heavy atom. The highest BCUT2D eigenvalue weighted by Crippen LogP contribution is 2.39. The highest BCUT2D eigenvalue weighted by atomic mass is 16.4. The molecule has 0 saturated heterocycles. The Balaban J connectivity index is 1.87. The third-order valence-corrected chi connectivity index (χ3v) is 5.38. The van der Waals surface area contributed by atoms with Crippen molar-refractivity contribution in [1.29, 1.82) is 0 Å². The molecule has 0 amide bonds. The number of hydrogen-bond acceptors (Lipinski definition) is 5. The molecule has 0 aliphatic rings. The first-order chi connectivity index (χ1) is 14.5. The third kappa shape index (κ3) is 3.43. The average molecular weight is 402 g/mol. The molecule has 0 radical (unpaired) electrons. The molecule has 5 heteroatoms. The summed E-state index contributed by atoms with van der Waals surface area (Å²) < 4.78 is 11.5. The van der Waals surface area contributed by atoms with Gasteiger partial charge in [-0.15, -0.1) is 6.58 Å². The lowest BCUT2D eigenvalue weighted by atomic mass is 9.89. The standard InChI is InChI=1S/C25H22O5/c1-3-4-9-16(26)14-21-22(17-10-5-7-12-19(17)29-21)15(2)23-24(27)18-11-6-8-13-20(18)30-25(23)28/h3,5-8,10-13,15,27H,1,4,9,14H2,2H3. The van der Waals surface area contributed by atoms with Gasteiger partial charge in [0, 0.05) is 23.3 Å². The van der Waals surface area contributed by atoms with Gasteiger partial charge in [0.2, 0.25) is 0 Å². The number of ketones is 1. The van der Waals surface area contributed by atoms with Crippen molar-refractivity contribution in [3.63, 3.8) is 0 Å². The van der Waals surface area contributed by atoms with Gasteiger partial charge in [-0.25, -0.2) is 4.79 Å². The SMILES string of the molecule is C=CCCC(=O)Cc1oc2ccccc2c1C(C)c1c(O)c2ccccc2oc1=O. The number of para-hydroxylation sites is 2. The van der Waals surface area contributed by atoms with Crippen molar-refractivity contribution >= 4 is 27.7 Å². The van der Waals surface area contributed by atoms with Gasteiger partial charge >= 0.3 is 5.63 Å². The molecule has 0 bridgehead atoms. The van der Waals surface area contributed by atoms with Crippen molar-refractivity contribution in [2.24, 2.45) is 0 Å². The van der Waals surface area contributed by atoms with E-state index in [-0.39, 0.29) is 23.5 Å². The van der Waals surface area contributed by atoms with Gasteiger partial charge < -0.3 is 13.9 Å². The Bertz CT molecular complexity index is 1310. The van der Waals surface area contributed by atoms with Gasteiger partial charge in [0.25, 0.3) is 0 Å². The number of fused-ring (bicyclic) bond motifs is 2. The van der Waals surface area contributed by atoms with Crippen molar-refractivity contribution in [2.75, 3.05) is 0 Å². The van der Waals surface area contributed by atoms with Gasteiger partial charge in [0.1, 0.15) is 28.5 Å². The van der Waals surface area contributed by atoms with Crippen LogP contribution in [-0.4, -0.2) is 10.9 Å². The van der Waals surface area contributed by atoms with E-state index in [4.69, 9.17) is 8.83 Å². The summed E-state index contributed by atoms with van der Waals surface area (Å²) in [4.78, 5) is 25.2. The van der Waals surface area contributed by atoms with Crippen LogP contribution in [0.3, 0.4) is 0 Å². The van der Waals surface area contributed by atoms with Crippen molar-refractivity contribution in [1.82, 2.24) is 0 Å². The molecule has 5 nitrogen and oxygen atoms in total. The van der Waals surface area contributed by atoms with Crippen molar-refractivity contribution < 1.29 is 18.7 Å². The summed E-state index contributed by atoms with van der Waals surface area (Å²) in [7, 11) is 0. The molecule has 2 aromatic heterocycles. The van der Waals surface area contributed by atoms with Gasteiger partial charge in [0.05, 0.1) is 17.4 Å². The van der Waals surface area contributed by atoms with Gasteiger partial charge in [-0.1, -0.05) is 43.3 Å². The lowest BCUT2D eigenvalue weighted by molar-refractivity contribution is -0.118. The Labute approximate surface area is 173 Å². The molecule has 30 heavy (non-hydrogen) atoms. The van der Waals surface area contributed by atoms with Crippen LogP contribution in [0.4, 0.5) is 0 Å². The van der Waals surface area contributed by atoms with E-state index < -0.39 is 11.5 Å². The van der Waals surface area contributed by atoms with Crippen LogP contribution in [0.1, 0.15) is 42.6 Å². The van der Waals surface area contributed by atoms with Crippen LogP contribution in [-0.2, 0) is 11.2 Å². The molecule has 0 saturated carbocycles. The Morgan fingerprint density at radius 2 is 1.67 bits per heavy atom. The molecule has 0 spiro atoms. The molecule has 0 fully saturated rings. The lowest BCUT2D eigenvalue weighted by Gasteiger charge is -2.14. The van der Waals surface area contributed by atoms with Gasteiger partial charge in [-0.3, -0.25) is 4.79 Å². The number of benzene rings is 2. The number of Topliss-reactive ketones (excluding diaryl/α,β-unsaturated/α-hetero) is 1. The number of rotatable bonds is 7. The Kier molecular flexibility index (Phi) is 5.27. The summed E-state index contributed by atoms with van der Waals surface area (Å²) in [5, 5.41) is 12.2. The van der Waals surface area contributed by atoms with Crippen LogP contribution in [0.15, 0.2) is 74.8 Å². The molecule has 4 rings (SSSR count). The molecule has 1 atom stereocenters. The number of carbonyl (C=O) groups is 1. The molecule has 4 aromatic rings. The maximum Gasteiger partial charge on any atom is 0.343 e. The minimum absolute atomic E-state index is 0.0252. The van der Waals surface area contributed by atoms with Crippen LogP contribution in [0, 0.1) is 0 Å². The Hall–Kier alpha value is -3.60. The fourth-order valence-electron chi connectivity index (χ4n) is 3.93. The third-order valence-electron chi connectivity index (χ3n) is 5.38. The largest absolute Gasteiger partial charge is 0.507 e. The van der Waals surface area contributed by atoms with Crippen LogP contribution >= 0.6 is 0 Å². The van der Waals surface area contributed by atoms with Crippen LogP contribution in [0.2, 0.25) is 0 Å². The summed E-state index contributed by atoms with van der Waals surface area (Å²) in [6.45, 7) is 5.47. The average Bonchev–Trinajstić information content (AvgIpc) is 3.09. The minimum atomic E-state index is -0.604. The van der Waals surface area contributed by atoms with E-state index in [1.54, 1.807) is 30.3 Å². The highest BCUT2D eigenvalue weighted by molar-refractivity contribution is 5.88. The number of furan rings is 1. The normalized spacial score (nSPS) is 12.3. The molecule has 152 valence electrons. The summed E-state index contributed by atoms with van der Waals surface area (Å²) in [6.07, 6.45) is 2.79. The number of hydrogen-bond donors (Lipinski definition) is 1. The van der Waals surface area contributed by atoms with E-state index in [0.717, 1.165) is 10.9 Å². The van der Waals surface area contributed by atoms with Gasteiger partial charge in [0.15, 0.2) is 0 Å². The van der Waals surface area contributed by atoms with Crippen LogP contribution < -0.4 is 5.63 Å². The Morgan fingerprint density at radius 3 is 2.37 bits per heavy atom. The molecular formula is C25H22O5. The first kappa shape index (κ1) is 19.7. The number of carbonyl (C=O) groups excluding carboxylic acids is 1. The monoisotopic (exact) mass is 402 g/mol. The minimum Gasteiger partial charge on any atom is -0.507 e. The smallest absolute Gasteiger partial charge is 0.343 e. The maximum absolute atomic E-state index is 12.8. The number of allylic oxidation sites excluding steroid dienone is 1. The maximum atomic E-state index is 12.8. The molecule has 2 heterocycles. The predicted molar refractivity (Wildman–Crippen MR) is 116 cm³/mol. The van der Waals surface area contributed by atoms with E-state index in [2.05, 4.69) is 6.58 Å². The molecule has 0 aliphatic heterocycles. The first-order valence-electron chi connectivity index (χ1n) is 9.88. The molecule has 2 aromatic carbocycles. The molecule has 0 aliphatic carbocycles. The topological polar surface area (TPSA) is 80.7 Å². The molecule has 1 unspecified atom stereocenters. The summed E-state index contributed by atoms with van der Waals surface area (Å²) in [5.41, 5.74) is 1.23. The van der Waals surface area contributed by atoms with Crippen molar-refractivity contribution in [3.8, 4) is 5.75 Å². The van der Waals surface area contributed by atoms with Crippen molar-refractivity contribution in [2.45, 2.75) is 32.1 Å². The van der Waals surface area contributed by atoms with Gasteiger partial charge in [-0.05, 0) is 24.6 Å². The summed E-state index contributed by atoms with van der Waals surface area (Å²) in [5.74, 6) is -0.109. The van der Waals surface area contributed by atoms with Gasteiger partial charge in [-0.2, -0.15) is 0 Å². The van der Waals surface area contributed by atoms with E-state index in [0.29, 0.717) is 35.2 Å².